The summed E-state index contributed by atoms with van der Waals surface area (Å²) in [6, 6.07) is 12.8. The number of ether oxygens (including phenoxy) is 1. The fourth-order valence-corrected chi connectivity index (χ4v) is 2.97. The van der Waals surface area contributed by atoms with Crippen LogP contribution >= 0.6 is 28.1 Å². The molecular weight excluding hydrogens is 426 g/mol. The van der Waals surface area contributed by atoms with Gasteiger partial charge in [-0.2, -0.15) is 5.26 Å². The summed E-state index contributed by atoms with van der Waals surface area (Å²) in [6.45, 7) is 5.95. The second-order valence-corrected chi connectivity index (χ2v) is 7.54. The quantitative estimate of drug-likeness (QED) is 0.655. The van der Waals surface area contributed by atoms with Gasteiger partial charge < -0.3 is 10.1 Å². The summed E-state index contributed by atoms with van der Waals surface area (Å²) in [6.07, 6.45) is 0. The van der Waals surface area contributed by atoms with Gasteiger partial charge in [0.1, 0.15) is 5.75 Å². The van der Waals surface area contributed by atoms with Gasteiger partial charge in [-0.15, -0.1) is 0 Å². The Kier molecular flexibility index (Phi) is 7.34. The maximum absolute atomic E-state index is 12.1. The maximum Gasteiger partial charge on any atom is 0.264 e. The molecule has 2 aromatic carbocycles. The van der Waals surface area contributed by atoms with Gasteiger partial charge in [0, 0.05) is 10.2 Å². The van der Waals surface area contributed by atoms with Gasteiger partial charge in [-0.05, 0) is 66.5 Å². The predicted molar refractivity (Wildman–Crippen MR) is 114 cm³/mol. The van der Waals surface area contributed by atoms with Gasteiger partial charge in [0.2, 0.25) is 0 Å². The number of benzene rings is 2. The molecule has 0 bridgehead atoms. The molecule has 2 N–H and O–H groups in total. The fraction of sp³-hybridized carbons (Fsp3) is 0.250. The molecule has 140 valence electrons. The first kappa shape index (κ1) is 20.9. The number of nitrogens with zero attached hydrogens (tertiary/aromatic N) is 1. The Morgan fingerprint density at radius 2 is 2.07 bits per heavy atom. The number of halogens is 1. The second-order valence-electron chi connectivity index (χ2n) is 6.28. The molecular formula is C20H20BrN3O2S. The van der Waals surface area contributed by atoms with Crippen LogP contribution in [0.25, 0.3) is 0 Å². The Morgan fingerprint density at radius 1 is 1.33 bits per heavy atom. The summed E-state index contributed by atoms with van der Waals surface area (Å²) >= 11 is 8.66. The van der Waals surface area contributed by atoms with Gasteiger partial charge in [0.25, 0.3) is 5.91 Å². The molecule has 2 aromatic rings. The van der Waals surface area contributed by atoms with Crippen LogP contribution in [0.5, 0.6) is 5.75 Å². The molecule has 7 heteroatoms. The summed E-state index contributed by atoms with van der Waals surface area (Å²) < 4.78 is 6.73. The second kappa shape index (κ2) is 9.49. The van der Waals surface area contributed by atoms with Crippen LogP contribution in [0.1, 0.15) is 36.5 Å². The highest BCUT2D eigenvalue weighted by Gasteiger charge is 2.13. The summed E-state index contributed by atoms with van der Waals surface area (Å²) in [5, 5.41) is 14.5. The van der Waals surface area contributed by atoms with Crippen LogP contribution in [-0.2, 0) is 4.79 Å². The number of thiocarbonyl (C=S) groups is 1. The van der Waals surface area contributed by atoms with E-state index in [-0.39, 0.29) is 23.5 Å². The largest absolute Gasteiger partial charge is 0.483 e. The van der Waals surface area contributed by atoms with E-state index in [0.717, 1.165) is 15.6 Å². The number of anilines is 1. The highest BCUT2D eigenvalue weighted by Crippen LogP contribution is 2.32. The molecule has 27 heavy (non-hydrogen) atoms. The van der Waals surface area contributed by atoms with Gasteiger partial charge in [-0.1, -0.05) is 35.8 Å². The molecule has 2 rings (SSSR count). The molecule has 0 saturated carbocycles. The van der Waals surface area contributed by atoms with Gasteiger partial charge in [-0.3, -0.25) is 10.1 Å². The SMILES string of the molecule is Cc1cc(OCC(=O)NC(=S)Nc2cccc(C#N)c2)c(C(C)C)cc1Br. The average Bonchev–Trinajstić information content (AvgIpc) is 2.62. The van der Waals surface area contributed by atoms with E-state index >= 15 is 0 Å². The molecule has 0 radical (unpaired) electrons. The lowest BCUT2D eigenvalue weighted by atomic mass is 10.0. The van der Waals surface area contributed by atoms with Crippen LogP contribution in [-0.4, -0.2) is 17.6 Å². The average molecular weight is 446 g/mol. The summed E-state index contributed by atoms with van der Waals surface area (Å²) in [5.41, 5.74) is 3.19. The number of hydrogen-bond donors (Lipinski definition) is 2. The number of amides is 1. The van der Waals surface area contributed by atoms with E-state index in [2.05, 4.69) is 40.4 Å². The number of nitriles is 1. The smallest absolute Gasteiger partial charge is 0.264 e. The zero-order valence-electron chi connectivity index (χ0n) is 15.3. The zero-order valence-corrected chi connectivity index (χ0v) is 17.7. The van der Waals surface area contributed by atoms with Crippen molar-refractivity contribution in [2.45, 2.75) is 26.7 Å². The minimum atomic E-state index is -0.362. The standard InChI is InChI=1S/C20H20BrN3O2S/c1-12(2)16-9-17(21)13(3)7-18(16)26-11-19(25)24-20(27)23-15-6-4-5-14(8-15)10-22/h4-9,12H,11H2,1-3H3,(H2,23,24,25,27). The molecule has 0 spiro atoms. The summed E-state index contributed by atoms with van der Waals surface area (Å²) in [4.78, 5) is 12.1. The number of hydrogen-bond acceptors (Lipinski definition) is 4. The highest BCUT2D eigenvalue weighted by atomic mass is 79.9. The minimum absolute atomic E-state index is 0.148. The molecule has 0 aromatic heterocycles. The Hall–Kier alpha value is -2.43. The lowest BCUT2D eigenvalue weighted by molar-refractivity contribution is -0.121. The Bertz CT molecular complexity index is 907. The third-order valence-corrected chi connectivity index (χ3v) is 4.83. The number of carbonyl (C=O) groups excluding carboxylic acids is 1. The first-order chi connectivity index (χ1) is 12.8. The van der Waals surface area contributed by atoms with E-state index < -0.39 is 0 Å². The molecule has 0 unspecified atom stereocenters. The minimum Gasteiger partial charge on any atom is -0.483 e. The third-order valence-electron chi connectivity index (χ3n) is 3.77. The first-order valence-electron chi connectivity index (χ1n) is 8.34. The van der Waals surface area contributed by atoms with Gasteiger partial charge in [0.05, 0.1) is 11.6 Å². The highest BCUT2D eigenvalue weighted by molar-refractivity contribution is 9.10. The van der Waals surface area contributed by atoms with Crippen LogP contribution in [0, 0.1) is 18.3 Å². The van der Waals surface area contributed by atoms with Crippen molar-refractivity contribution in [3.63, 3.8) is 0 Å². The molecule has 0 heterocycles. The van der Waals surface area contributed by atoms with E-state index in [1.165, 1.54) is 0 Å². The van der Waals surface area contributed by atoms with Crippen molar-refractivity contribution in [3.8, 4) is 11.8 Å². The monoisotopic (exact) mass is 445 g/mol. The Labute approximate surface area is 172 Å². The van der Waals surface area contributed by atoms with Crippen LogP contribution < -0.4 is 15.4 Å². The van der Waals surface area contributed by atoms with E-state index in [1.807, 2.05) is 25.1 Å². The Balaban J connectivity index is 1.95. The zero-order chi connectivity index (χ0) is 20.0. The topological polar surface area (TPSA) is 74.2 Å². The molecule has 0 fully saturated rings. The predicted octanol–water partition coefficient (Wildman–Crippen LogP) is 4.64. The normalized spacial score (nSPS) is 10.2. The van der Waals surface area contributed by atoms with Crippen molar-refractivity contribution < 1.29 is 9.53 Å². The van der Waals surface area contributed by atoms with E-state index in [9.17, 15) is 4.79 Å². The molecule has 0 atom stereocenters. The molecule has 5 nitrogen and oxygen atoms in total. The molecule has 0 saturated heterocycles. The molecule has 0 aliphatic rings. The van der Waals surface area contributed by atoms with Gasteiger partial charge in [0.15, 0.2) is 11.7 Å². The van der Waals surface area contributed by atoms with Crippen LogP contribution in [0.2, 0.25) is 0 Å². The lowest BCUT2D eigenvalue weighted by Crippen LogP contribution is -2.37. The third kappa shape index (κ3) is 6.05. The number of nitrogens with one attached hydrogen (secondary N) is 2. The van der Waals surface area contributed by atoms with Gasteiger partial charge >= 0.3 is 0 Å². The van der Waals surface area contributed by atoms with Crippen LogP contribution in [0.3, 0.4) is 0 Å². The first-order valence-corrected chi connectivity index (χ1v) is 9.54. The number of carbonyl (C=O) groups is 1. The van der Waals surface area contributed by atoms with Crippen molar-refractivity contribution in [3.05, 3.63) is 57.6 Å². The number of aryl methyl sites for hydroxylation is 1. The molecule has 1 amide bonds. The van der Waals surface area contributed by atoms with Crippen molar-refractivity contribution >= 4 is 44.9 Å². The molecule has 0 aliphatic heterocycles. The van der Waals surface area contributed by atoms with Crippen LogP contribution in [0.4, 0.5) is 5.69 Å². The molecule has 0 aliphatic carbocycles. The van der Waals surface area contributed by atoms with Crippen molar-refractivity contribution in [1.29, 1.82) is 5.26 Å². The lowest BCUT2D eigenvalue weighted by Gasteiger charge is -2.16. The maximum atomic E-state index is 12.1. The Morgan fingerprint density at radius 3 is 2.74 bits per heavy atom. The van der Waals surface area contributed by atoms with Crippen molar-refractivity contribution in [2.24, 2.45) is 0 Å². The summed E-state index contributed by atoms with van der Waals surface area (Å²) in [7, 11) is 0. The van der Waals surface area contributed by atoms with E-state index in [4.69, 9.17) is 22.2 Å². The van der Waals surface area contributed by atoms with Crippen molar-refractivity contribution in [1.82, 2.24) is 5.32 Å². The van der Waals surface area contributed by atoms with E-state index in [1.54, 1.807) is 24.3 Å². The van der Waals surface area contributed by atoms with Crippen LogP contribution in [0.15, 0.2) is 40.9 Å². The summed E-state index contributed by atoms with van der Waals surface area (Å²) in [5.74, 6) is 0.579. The number of rotatable bonds is 5. The van der Waals surface area contributed by atoms with E-state index in [0.29, 0.717) is 17.0 Å². The van der Waals surface area contributed by atoms with Crippen molar-refractivity contribution in [2.75, 3.05) is 11.9 Å². The van der Waals surface area contributed by atoms with Gasteiger partial charge in [-0.25, -0.2) is 0 Å². The fourth-order valence-electron chi connectivity index (χ4n) is 2.38.